The summed E-state index contributed by atoms with van der Waals surface area (Å²) in [4.78, 5) is 25.3. The predicted octanol–water partition coefficient (Wildman–Crippen LogP) is 2.21. The van der Waals surface area contributed by atoms with Gasteiger partial charge in [-0.3, -0.25) is 19.8 Å². The quantitative estimate of drug-likeness (QED) is 0.668. The van der Waals surface area contributed by atoms with Crippen LogP contribution < -0.4 is 4.90 Å². The molecule has 0 aliphatic carbocycles. The molecule has 7 heteroatoms. The summed E-state index contributed by atoms with van der Waals surface area (Å²) < 4.78 is 5.81. The third-order valence-electron chi connectivity index (χ3n) is 5.80. The van der Waals surface area contributed by atoms with Crippen LogP contribution in [-0.2, 0) is 9.53 Å². The monoisotopic (exact) mass is 340 g/mol. The van der Waals surface area contributed by atoms with Crippen molar-refractivity contribution in [1.29, 1.82) is 0 Å². The molecule has 1 amide bonds. The second-order valence-corrected chi connectivity index (χ2v) is 6.92. The first-order valence-electron chi connectivity index (χ1n) is 8.40. The number of non-ortho nitro benzene ring substituents is 1. The van der Waals surface area contributed by atoms with Crippen LogP contribution in [0.25, 0.3) is 10.8 Å². The smallest absolute Gasteiger partial charge is 0.277 e. The standard InChI is InChI=1S/C18H16N2O5/c21-17-15-13-7-8-14(25-13)16(15)18(22)19(17)11-5-6-12(20(23)24)10-4-2-1-3-9(10)11/h1-6,13-17,21H,7-8H2/t13-,14+,15+,16-,17?/m0/s1. The molecule has 3 aliphatic heterocycles. The van der Waals surface area contributed by atoms with E-state index in [-0.39, 0.29) is 35.6 Å². The Morgan fingerprint density at radius 2 is 1.84 bits per heavy atom. The Kier molecular flexibility index (Phi) is 2.96. The van der Waals surface area contributed by atoms with Crippen molar-refractivity contribution in [3.8, 4) is 0 Å². The molecule has 3 saturated heterocycles. The first-order chi connectivity index (χ1) is 12.1. The zero-order chi connectivity index (χ0) is 17.3. The number of aliphatic hydroxyl groups is 1. The molecule has 3 fully saturated rings. The highest BCUT2D eigenvalue weighted by Crippen LogP contribution is 2.52. The van der Waals surface area contributed by atoms with Gasteiger partial charge in [0, 0.05) is 17.4 Å². The minimum atomic E-state index is -0.960. The first-order valence-corrected chi connectivity index (χ1v) is 8.40. The van der Waals surface area contributed by atoms with Crippen molar-refractivity contribution in [2.45, 2.75) is 31.3 Å². The van der Waals surface area contributed by atoms with E-state index in [1.807, 2.05) is 0 Å². The summed E-state index contributed by atoms with van der Waals surface area (Å²) in [7, 11) is 0. The number of carbonyl (C=O) groups is 1. The largest absolute Gasteiger partial charge is 0.374 e. The molecule has 3 heterocycles. The maximum Gasteiger partial charge on any atom is 0.277 e. The third-order valence-corrected chi connectivity index (χ3v) is 5.80. The molecule has 128 valence electrons. The molecule has 1 N–H and O–H groups in total. The van der Waals surface area contributed by atoms with Crippen molar-refractivity contribution >= 4 is 28.1 Å². The van der Waals surface area contributed by atoms with E-state index in [0.717, 1.165) is 12.8 Å². The van der Waals surface area contributed by atoms with Crippen LogP contribution in [0.2, 0.25) is 0 Å². The highest BCUT2D eigenvalue weighted by Gasteiger charge is 2.62. The summed E-state index contributed by atoms with van der Waals surface area (Å²) in [6.07, 6.45) is 0.553. The minimum absolute atomic E-state index is 0.0101. The van der Waals surface area contributed by atoms with Crippen molar-refractivity contribution < 1.29 is 19.6 Å². The molecule has 2 aromatic carbocycles. The van der Waals surface area contributed by atoms with Gasteiger partial charge in [0.1, 0.15) is 6.23 Å². The lowest BCUT2D eigenvalue weighted by Gasteiger charge is -2.26. The van der Waals surface area contributed by atoms with Gasteiger partial charge in [-0.15, -0.1) is 0 Å². The number of aliphatic hydroxyl groups excluding tert-OH is 1. The predicted molar refractivity (Wildman–Crippen MR) is 89.0 cm³/mol. The summed E-state index contributed by atoms with van der Waals surface area (Å²) in [5.74, 6) is -0.688. The molecule has 2 aromatic rings. The topological polar surface area (TPSA) is 92.9 Å². The van der Waals surface area contributed by atoms with Crippen molar-refractivity contribution in [1.82, 2.24) is 0 Å². The Balaban J connectivity index is 1.66. The van der Waals surface area contributed by atoms with Gasteiger partial charge in [0.2, 0.25) is 5.91 Å². The minimum Gasteiger partial charge on any atom is -0.374 e. The number of ether oxygens (including phenoxy) is 1. The molecular formula is C18H16N2O5. The van der Waals surface area contributed by atoms with Gasteiger partial charge in [0.25, 0.3) is 5.69 Å². The number of fused-ring (bicyclic) bond motifs is 6. The molecular weight excluding hydrogens is 324 g/mol. The van der Waals surface area contributed by atoms with Crippen LogP contribution in [0.5, 0.6) is 0 Å². The fraction of sp³-hybridized carbons (Fsp3) is 0.389. The van der Waals surface area contributed by atoms with Gasteiger partial charge in [-0.05, 0) is 25.0 Å². The SMILES string of the molecule is O=C1[C@@H]2[C@H](C(O)N1c1ccc([N+](=O)[O-])c3ccccc13)[C@@H]1CC[C@H]2O1. The van der Waals surface area contributed by atoms with Crippen molar-refractivity contribution in [3.05, 3.63) is 46.5 Å². The molecule has 5 rings (SSSR count). The van der Waals surface area contributed by atoms with E-state index in [0.29, 0.717) is 16.5 Å². The molecule has 2 bridgehead atoms. The molecule has 0 aromatic heterocycles. The lowest BCUT2D eigenvalue weighted by Crippen LogP contribution is -2.38. The Morgan fingerprint density at radius 3 is 2.56 bits per heavy atom. The fourth-order valence-electron chi connectivity index (χ4n) is 4.78. The van der Waals surface area contributed by atoms with Crippen LogP contribution in [0, 0.1) is 22.0 Å². The number of rotatable bonds is 2. The molecule has 3 aliphatic rings. The lowest BCUT2D eigenvalue weighted by molar-refractivity contribution is -0.383. The van der Waals surface area contributed by atoms with Crippen LogP contribution in [0.1, 0.15) is 12.8 Å². The lowest BCUT2D eigenvalue weighted by atomic mass is 9.81. The van der Waals surface area contributed by atoms with Crippen molar-refractivity contribution in [3.63, 3.8) is 0 Å². The second kappa shape index (κ2) is 5.00. The van der Waals surface area contributed by atoms with Gasteiger partial charge in [0.05, 0.1) is 34.1 Å². The van der Waals surface area contributed by atoms with Crippen LogP contribution in [0.3, 0.4) is 0 Å². The summed E-state index contributed by atoms with van der Waals surface area (Å²) >= 11 is 0. The number of hydrogen-bond acceptors (Lipinski definition) is 5. The fourth-order valence-corrected chi connectivity index (χ4v) is 4.78. The number of hydrogen-bond donors (Lipinski definition) is 1. The highest BCUT2D eigenvalue weighted by molar-refractivity contribution is 6.08. The maximum absolute atomic E-state index is 13.0. The van der Waals surface area contributed by atoms with Crippen molar-refractivity contribution in [2.75, 3.05) is 4.90 Å². The van der Waals surface area contributed by atoms with E-state index in [1.165, 1.54) is 11.0 Å². The van der Waals surface area contributed by atoms with E-state index < -0.39 is 11.2 Å². The van der Waals surface area contributed by atoms with Gasteiger partial charge in [0.15, 0.2) is 0 Å². The van der Waals surface area contributed by atoms with E-state index in [9.17, 15) is 20.0 Å². The zero-order valence-electron chi connectivity index (χ0n) is 13.2. The van der Waals surface area contributed by atoms with Gasteiger partial charge in [-0.25, -0.2) is 0 Å². The van der Waals surface area contributed by atoms with Crippen LogP contribution in [0.4, 0.5) is 11.4 Å². The normalized spacial score (nSPS) is 33.2. The Labute approximate surface area is 142 Å². The summed E-state index contributed by atoms with van der Waals surface area (Å²) in [6, 6.07) is 9.87. The average Bonchev–Trinajstić information content (AvgIpc) is 3.28. The molecule has 0 spiro atoms. The van der Waals surface area contributed by atoms with Crippen LogP contribution >= 0.6 is 0 Å². The Hall–Kier alpha value is -2.51. The molecule has 1 unspecified atom stereocenters. The third kappa shape index (κ3) is 1.85. The van der Waals surface area contributed by atoms with E-state index in [4.69, 9.17) is 4.74 Å². The number of benzene rings is 2. The number of carbonyl (C=O) groups excluding carboxylic acids is 1. The first kappa shape index (κ1) is 14.8. The van der Waals surface area contributed by atoms with E-state index in [1.54, 1.807) is 30.3 Å². The van der Waals surface area contributed by atoms with Gasteiger partial charge >= 0.3 is 0 Å². The second-order valence-electron chi connectivity index (χ2n) is 6.92. The molecule has 25 heavy (non-hydrogen) atoms. The Bertz CT molecular complexity index is 913. The van der Waals surface area contributed by atoms with Gasteiger partial charge in [-0.2, -0.15) is 0 Å². The summed E-state index contributed by atoms with van der Waals surface area (Å²) in [6.45, 7) is 0. The van der Waals surface area contributed by atoms with Crippen LogP contribution in [0.15, 0.2) is 36.4 Å². The molecule has 5 atom stereocenters. The summed E-state index contributed by atoms with van der Waals surface area (Å²) in [5, 5.41) is 23.2. The van der Waals surface area contributed by atoms with Gasteiger partial charge in [-0.1, -0.05) is 18.2 Å². The number of amides is 1. The van der Waals surface area contributed by atoms with E-state index in [2.05, 4.69) is 0 Å². The number of anilines is 1. The summed E-state index contributed by atoms with van der Waals surface area (Å²) in [5.41, 5.74) is 0.511. The molecule has 7 nitrogen and oxygen atoms in total. The Morgan fingerprint density at radius 1 is 1.12 bits per heavy atom. The number of nitro benzene ring substituents is 1. The number of nitro groups is 1. The maximum atomic E-state index is 13.0. The van der Waals surface area contributed by atoms with Crippen molar-refractivity contribution in [2.24, 2.45) is 11.8 Å². The zero-order valence-corrected chi connectivity index (χ0v) is 13.2. The molecule has 0 saturated carbocycles. The van der Waals surface area contributed by atoms with Crippen LogP contribution in [-0.4, -0.2) is 34.4 Å². The van der Waals surface area contributed by atoms with E-state index >= 15 is 0 Å². The highest BCUT2D eigenvalue weighted by atomic mass is 16.6. The number of nitrogens with zero attached hydrogens (tertiary/aromatic N) is 2. The molecule has 0 radical (unpaired) electrons. The van der Waals surface area contributed by atoms with Gasteiger partial charge < -0.3 is 9.84 Å². The average molecular weight is 340 g/mol.